The van der Waals surface area contributed by atoms with Gasteiger partial charge >= 0.3 is 0 Å². The Morgan fingerprint density at radius 3 is 2.62 bits per heavy atom. The van der Waals surface area contributed by atoms with Gasteiger partial charge in [0.05, 0.1) is 0 Å². The summed E-state index contributed by atoms with van der Waals surface area (Å²) >= 11 is 3.50. The highest BCUT2D eigenvalue weighted by Gasteiger charge is 1.96. The highest BCUT2D eigenvalue weighted by Crippen LogP contribution is 2.19. The fraction of sp³-hybridized carbons (Fsp3) is 0.538. The molecule has 0 fully saturated rings. The van der Waals surface area contributed by atoms with Crippen LogP contribution in [0.5, 0.6) is 0 Å². The molecule has 0 aliphatic rings. The predicted octanol–water partition coefficient (Wildman–Crippen LogP) is 3.69. The van der Waals surface area contributed by atoms with Crippen molar-refractivity contribution in [2.45, 2.75) is 32.6 Å². The van der Waals surface area contributed by atoms with Gasteiger partial charge in [0.25, 0.3) is 0 Å². The standard InChI is InChI=1S/C13H21BrN2/c1-11-10-12(6-7-13(11)14)16-9-5-3-2-4-8-15/h6-7,10,16H,2-5,8-9,15H2,1H3. The van der Waals surface area contributed by atoms with Crippen LogP contribution >= 0.6 is 15.9 Å². The molecular formula is C13H21BrN2. The first-order valence-corrected chi connectivity index (χ1v) is 6.73. The smallest absolute Gasteiger partial charge is 0.0343 e. The van der Waals surface area contributed by atoms with Crippen molar-refractivity contribution in [1.82, 2.24) is 0 Å². The van der Waals surface area contributed by atoms with Gasteiger partial charge in [0.15, 0.2) is 0 Å². The number of unbranched alkanes of at least 4 members (excludes halogenated alkanes) is 3. The van der Waals surface area contributed by atoms with Crippen LogP contribution in [0.15, 0.2) is 22.7 Å². The first-order chi connectivity index (χ1) is 7.74. The van der Waals surface area contributed by atoms with E-state index >= 15 is 0 Å². The maximum atomic E-state index is 5.45. The van der Waals surface area contributed by atoms with Gasteiger partial charge in [-0.15, -0.1) is 0 Å². The summed E-state index contributed by atoms with van der Waals surface area (Å²) in [4.78, 5) is 0. The molecular weight excluding hydrogens is 264 g/mol. The minimum Gasteiger partial charge on any atom is -0.385 e. The number of anilines is 1. The minimum absolute atomic E-state index is 0.819. The lowest BCUT2D eigenvalue weighted by atomic mass is 10.2. The molecule has 0 spiro atoms. The summed E-state index contributed by atoms with van der Waals surface area (Å²) in [6, 6.07) is 6.37. The van der Waals surface area contributed by atoms with E-state index in [1.54, 1.807) is 0 Å². The van der Waals surface area contributed by atoms with E-state index in [0.717, 1.165) is 19.5 Å². The number of nitrogens with one attached hydrogen (secondary N) is 1. The van der Waals surface area contributed by atoms with Gasteiger partial charge in [-0.05, 0) is 50.1 Å². The van der Waals surface area contributed by atoms with Gasteiger partial charge in [-0.3, -0.25) is 0 Å². The van der Waals surface area contributed by atoms with Gasteiger partial charge in [0.1, 0.15) is 0 Å². The van der Waals surface area contributed by atoms with Gasteiger partial charge in [-0.1, -0.05) is 28.8 Å². The van der Waals surface area contributed by atoms with E-state index in [0.29, 0.717) is 0 Å². The summed E-state index contributed by atoms with van der Waals surface area (Å²) in [5.74, 6) is 0. The Kier molecular flexibility index (Phi) is 6.50. The molecule has 1 rings (SSSR count). The van der Waals surface area contributed by atoms with Gasteiger partial charge in [-0.2, -0.15) is 0 Å². The Labute approximate surface area is 107 Å². The first kappa shape index (κ1) is 13.5. The second kappa shape index (κ2) is 7.69. The molecule has 0 aliphatic carbocycles. The average molecular weight is 285 g/mol. The highest BCUT2D eigenvalue weighted by molar-refractivity contribution is 9.10. The molecule has 2 nitrogen and oxygen atoms in total. The van der Waals surface area contributed by atoms with Crippen LogP contribution in [-0.4, -0.2) is 13.1 Å². The molecule has 3 N–H and O–H groups in total. The van der Waals surface area contributed by atoms with Crippen molar-refractivity contribution in [3.05, 3.63) is 28.2 Å². The fourth-order valence-electron chi connectivity index (χ4n) is 1.61. The molecule has 0 heterocycles. The average Bonchev–Trinajstić information content (AvgIpc) is 2.28. The lowest BCUT2D eigenvalue weighted by Gasteiger charge is -2.07. The zero-order chi connectivity index (χ0) is 11.8. The molecule has 90 valence electrons. The molecule has 1 aromatic carbocycles. The van der Waals surface area contributed by atoms with Gasteiger partial charge in [0.2, 0.25) is 0 Å². The van der Waals surface area contributed by atoms with Gasteiger partial charge in [-0.25, -0.2) is 0 Å². The lowest BCUT2D eigenvalue weighted by molar-refractivity contribution is 0.661. The zero-order valence-electron chi connectivity index (χ0n) is 9.93. The molecule has 16 heavy (non-hydrogen) atoms. The van der Waals surface area contributed by atoms with Crippen molar-refractivity contribution in [2.24, 2.45) is 5.73 Å². The Hall–Kier alpha value is -0.540. The number of benzene rings is 1. The van der Waals surface area contributed by atoms with Crippen molar-refractivity contribution in [3.8, 4) is 0 Å². The molecule has 0 saturated carbocycles. The van der Waals surface area contributed by atoms with Crippen LogP contribution in [0.4, 0.5) is 5.69 Å². The normalized spacial score (nSPS) is 10.4. The Morgan fingerprint density at radius 2 is 1.94 bits per heavy atom. The van der Waals surface area contributed by atoms with Crippen molar-refractivity contribution in [2.75, 3.05) is 18.4 Å². The topological polar surface area (TPSA) is 38.0 Å². The molecule has 0 aromatic heterocycles. The van der Waals surface area contributed by atoms with Crippen molar-refractivity contribution >= 4 is 21.6 Å². The van der Waals surface area contributed by atoms with Gasteiger partial charge < -0.3 is 11.1 Å². The molecule has 0 bridgehead atoms. The quantitative estimate of drug-likeness (QED) is 0.750. The summed E-state index contributed by atoms with van der Waals surface area (Å²) < 4.78 is 1.17. The number of hydrogen-bond donors (Lipinski definition) is 2. The van der Waals surface area contributed by atoms with E-state index in [4.69, 9.17) is 5.73 Å². The van der Waals surface area contributed by atoms with E-state index < -0.39 is 0 Å². The SMILES string of the molecule is Cc1cc(NCCCCCCN)ccc1Br. The van der Waals surface area contributed by atoms with E-state index in [2.05, 4.69) is 46.4 Å². The van der Waals surface area contributed by atoms with Crippen LogP contribution in [-0.2, 0) is 0 Å². The maximum absolute atomic E-state index is 5.45. The zero-order valence-corrected chi connectivity index (χ0v) is 11.5. The number of nitrogens with two attached hydrogens (primary N) is 1. The maximum Gasteiger partial charge on any atom is 0.0343 e. The summed E-state index contributed by atoms with van der Waals surface area (Å²) in [6.45, 7) is 3.97. The third-order valence-electron chi connectivity index (χ3n) is 2.62. The van der Waals surface area contributed by atoms with Crippen LogP contribution < -0.4 is 11.1 Å². The summed E-state index contributed by atoms with van der Waals surface area (Å²) in [6.07, 6.45) is 4.88. The lowest BCUT2D eigenvalue weighted by Crippen LogP contribution is -2.02. The molecule has 1 aromatic rings. The molecule has 0 aliphatic heterocycles. The van der Waals surface area contributed by atoms with E-state index in [1.165, 1.54) is 35.0 Å². The van der Waals surface area contributed by atoms with Crippen LogP contribution in [0, 0.1) is 6.92 Å². The van der Waals surface area contributed by atoms with E-state index in [9.17, 15) is 0 Å². The number of hydrogen-bond acceptors (Lipinski definition) is 2. The minimum atomic E-state index is 0.819. The fourth-order valence-corrected chi connectivity index (χ4v) is 1.86. The van der Waals surface area contributed by atoms with Crippen LogP contribution in [0.25, 0.3) is 0 Å². The number of halogens is 1. The van der Waals surface area contributed by atoms with Crippen molar-refractivity contribution in [3.63, 3.8) is 0 Å². The molecule has 3 heteroatoms. The molecule has 0 atom stereocenters. The predicted molar refractivity (Wildman–Crippen MR) is 74.9 cm³/mol. The molecule has 0 unspecified atom stereocenters. The Morgan fingerprint density at radius 1 is 1.19 bits per heavy atom. The van der Waals surface area contributed by atoms with E-state index in [-0.39, 0.29) is 0 Å². The van der Waals surface area contributed by atoms with Crippen LogP contribution in [0.2, 0.25) is 0 Å². The van der Waals surface area contributed by atoms with Gasteiger partial charge in [0, 0.05) is 16.7 Å². The summed E-state index contributed by atoms with van der Waals surface area (Å²) in [5, 5.41) is 3.44. The Balaban J connectivity index is 2.19. The third kappa shape index (κ3) is 4.99. The largest absolute Gasteiger partial charge is 0.385 e. The van der Waals surface area contributed by atoms with E-state index in [1.807, 2.05) is 0 Å². The number of rotatable bonds is 7. The second-order valence-electron chi connectivity index (χ2n) is 4.09. The van der Waals surface area contributed by atoms with Crippen LogP contribution in [0.1, 0.15) is 31.2 Å². The summed E-state index contributed by atoms with van der Waals surface area (Å²) in [5.41, 5.74) is 7.92. The molecule has 0 amide bonds. The highest BCUT2D eigenvalue weighted by atomic mass is 79.9. The number of aryl methyl sites for hydroxylation is 1. The second-order valence-corrected chi connectivity index (χ2v) is 4.95. The van der Waals surface area contributed by atoms with Crippen molar-refractivity contribution in [1.29, 1.82) is 0 Å². The third-order valence-corrected chi connectivity index (χ3v) is 3.51. The molecule has 0 saturated heterocycles. The van der Waals surface area contributed by atoms with Crippen LogP contribution in [0.3, 0.4) is 0 Å². The first-order valence-electron chi connectivity index (χ1n) is 5.94. The molecule has 0 radical (unpaired) electrons. The monoisotopic (exact) mass is 284 g/mol. The Bertz CT molecular complexity index is 313. The summed E-state index contributed by atoms with van der Waals surface area (Å²) in [7, 11) is 0. The van der Waals surface area contributed by atoms with Crippen molar-refractivity contribution < 1.29 is 0 Å².